The molecule has 0 bridgehead atoms. The van der Waals surface area contributed by atoms with Crippen LogP contribution in [-0.2, 0) is 9.53 Å². The number of aryl methyl sites for hydroxylation is 1. The number of anilines is 1. The number of hydrogen-bond donors (Lipinski definition) is 1. The number of carbonyl (C=O) groups excluding carboxylic acids is 2. The molecule has 1 atom stereocenters. The highest BCUT2D eigenvalue weighted by molar-refractivity contribution is 7.15. The van der Waals surface area contributed by atoms with Crippen LogP contribution in [-0.4, -0.2) is 33.2 Å². The van der Waals surface area contributed by atoms with Crippen LogP contribution >= 0.6 is 11.3 Å². The topological polar surface area (TPSA) is 107 Å². The summed E-state index contributed by atoms with van der Waals surface area (Å²) in [5.41, 5.74) is 2.38. The molecule has 0 saturated heterocycles. The van der Waals surface area contributed by atoms with E-state index in [0.29, 0.717) is 39.5 Å². The van der Waals surface area contributed by atoms with Crippen molar-refractivity contribution in [3.63, 3.8) is 0 Å². The van der Waals surface area contributed by atoms with Gasteiger partial charge in [0, 0.05) is 10.9 Å². The van der Waals surface area contributed by atoms with E-state index in [-0.39, 0.29) is 0 Å². The van der Waals surface area contributed by atoms with E-state index in [1.807, 2.05) is 48.5 Å². The molecule has 170 valence electrons. The van der Waals surface area contributed by atoms with Gasteiger partial charge in [0.2, 0.25) is 11.0 Å². The molecule has 0 fully saturated rings. The minimum absolute atomic E-state index is 0.304. The van der Waals surface area contributed by atoms with Gasteiger partial charge in [-0.1, -0.05) is 54.7 Å². The van der Waals surface area contributed by atoms with Crippen molar-refractivity contribution in [3.05, 3.63) is 71.2 Å². The number of benzene rings is 3. The summed E-state index contributed by atoms with van der Waals surface area (Å²) in [6.07, 6.45) is -0.679. The summed E-state index contributed by atoms with van der Waals surface area (Å²) in [7, 11) is 0. The number of nitrogens with one attached hydrogen (secondary N) is 1. The number of rotatable bonds is 6. The SMILES string of the molecule is CCC(OC(=O)c1cccc2cccc(-c3nc4ccccc4o3)c12)C(=O)Nc1nnc(C)s1. The third-order valence-corrected chi connectivity index (χ3v) is 6.07. The lowest BCUT2D eigenvalue weighted by Gasteiger charge is -2.16. The van der Waals surface area contributed by atoms with E-state index in [4.69, 9.17) is 9.15 Å². The van der Waals surface area contributed by atoms with E-state index in [1.54, 1.807) is 26.0 Å². The summed E-state index contributed by atoms with van der Waals surface area (Å²) in [5.74, 6) is -0.653. The highest BCUT2D eigenvalue weighted by Gasteiger charge is 2.25. The maximum Gasteiger partial charge on any atom is 0.339 e. The number of ether oxygens (including phenoxy) is 1. The lowest BCUT2D eigenvalue weighted by molar-refractivity contribution is -0.124. The Hall–Kier alpha value is -4.11. The third kappa shape index (κ3) is 4.13. The van der Waals surface area contributed by atoms with Crippen LogP contribution in [0.1, 0.15) is 28.7 Å². The number of para-hydroxylation sites is 2. The van der Waals surface area contributed by atoms with E-state index in [2.05, 4.69) is 20.5 Å². The van der Waals surface area contributed by atoms with E-state index in [1.165, 1.54) is 11.3 Å². The summed E-state index contributed by atoms with van der Waals surface area (Å²) >= 11 is 1.25. The molecule has 0 radical (unpaired) electrons. The van der Waals surface area contributed by atoms with E-state index < -0.39 is 18.0 Å². The highest BCUT2D eigenvalue weighted by Crippen LogP contribution is 2.33. The zero-order valence-electron chi connectivity index (χ0n) is 18.4. The Morgan fingerprint density at radius 2 is 1.85 bits per heavy atom. The molecule has 2 aromatic heterocycles. The molecule has 1 N–H and O–H groups in total. The van der Waals surface area contributed by atoms with Gasteiger partial charge < -0.3 is 9.15 Å². The molecule has 34 heavy (non-hydrogen) atoms. The van der Waals surface area contributed by atoms with Crippen LogP contribution in [0.5, 0.6) is 0 Å². The van der Waals surface area contributed by atoms with Gasteiger partial charge in [-0.05, 0) is 43.0 Å². The normalized spacial score (nSPS) is 12.1. The number of oxazole rings is 1. The largest absolute Gasteiger partial charge is 0.449 e. The van der Waals surface area contributed by atoms with Gasteiger partial charge in [0.1, 0.15) is 10.5 Å². The Morgan fingerprint density at radius 1 is 1.06 bits per heavy atom. The molecule has 8 nitrogen and oxygen atoms in total. The predicted molar refractivity (Wildman–Crippen MR) is 130 cm³/mol. The molecule has 0 aliphatic carbocycles. The Labute approximate surface area is 198 Å². The maximum absolute atomic E-state index is 13.3. The summed E-state index contributed by atoms with van der Waals surface area (Å²) in [6.45, 7) is 3.56. The molecule has 5 rings (SSSR count). The summed E-state index contributed by atoms with van der Waals surface area (Å²) in [6, 6.07) is 18.5. The molecule has 0 spiro atoms. The summed E-state index contributed by atoms with van der Waals surface area (Å²) in [5, 5.41) is 13.0. The lowest BCUT2D eigenvalue weighted by atomic mass is 9.99. The monoisotopic (exact) mass is 472 g/mol. The first-order valence-electron chi connectivity index (χ1n) is 10.7. The Morgan fingerprint density at radius 3 is 2.59 bits per heavy atom. The molecule has 0 aliphatic heterocycles. The van der Waals surface area contributed by atoms with Gasteiger partial charge >= 0.3 is 5.97 Å². The number of aromatic nitrogens is 3. The number of esters is 1. The van der Waals surface area contributed by atoms with Crippen molar-refractivity contribution in [3.8, 4) is 11.5 Å². The molecule has 3 aromatic carbocycles. The number of nitrogens with zero attached hydrogens (tertiary/aromatic N) is 3. The smallest absolute Gasteiger partial charge is 0.339 e. The number of carbonyl (C=O) groups is 2. The van der Waals surface area contributed by atoms with Gasteiger partial charge in [-0.15, -0.1) is 10.2 Å². The molecule has 5 aromatic rings. The fraction of sp³-hybridized carbons (Fsp3) is 0.160. The van der Waals surface area contributed by atoms with Crippen molar-refractivity contribution in [1.29, 1.82) is 0 Å². The summed E-state index contributed by atoms with van der Waals surface area (Å²) in [4.78, 5) is 30.6. The van der Waals surface area contributed by atoms with Crippen LogP contribution in [0.4, 0.5) is 5.13 Å². The fourth-order valence-corrected chi connectivity index (χ4v) is 4.32. The van der Waals surface area contributed by atoms with Gasteiger partial charge in [0.15, 0.2) is 11.7 Å². The fourth-order valence-electron chi connectivity index (χ4n) is 3.72. The van der Waals surface area contributed by atoms with E-state index in [9.17, 15) is 9.59 Å². The van der Waals surface area contributed by atoms with Crippen molar-refractivity contribution >= 4 is 50.2 Å². The van der Waals surface area contributed by atoms with Crippen LogP contribution in [0, 0.1) is 6.92 Å². The van der Waals surface area contributed by atoms with E-state index >= 15 is 0 Å². The predicted octanol–water partition coefficient (Wildman–Crippen LogP) is 5.38. The zero-order chi connectivity index (χ0) is 23.7. The summed E-state index contributed by atoms with van der Waals surface area (Å²) < 4.78 is 11.6. The molecular weight excluding hydrogens is 452 g/mol. The quantitative estimate of drug-likeness (QED) is 0.331. The minimum atomic E-state index is -0.983. The van der Waals surface area contributed by atoms with Crippen LogP contribution < -0.4 is 5.32 Å². The standard InChI is InChI=1S/C25H20N4O4S/c1-3-19(22(30)27-25-29-28-14(2)34-25)33-24(31)17-11-7-9-15-8-6-10-16(21(15)17)23-26-18-12-4-5-13-20(18)32-23/h4-13,19H,3H2,1-2H3,(H,27,29,30). The molecule has 0 aliphatic rings. The van der Waals surface area contributed by atoms with Gasteiger partial charge in [-0.2, -0.15) is 0 Å². The molecule has 2 heterocycles. The van der Waals surface area contributed by atoms with Gasteiger partial charge in [-0.3, -0.25) is 10.1 Å². The van der Waals surface area contributed by atoms with E-state index in [0.717, 1.165) is 15.9 Å². The first kappa shape index (κ1) is 21.7. The molecule has 0 saturated carbocycles. The van der Waals surface area contributed by atoms with Gasteiger partial charge in [0.25, 0.3) is 5.91 Å². The number of amides is 1. The van der Waals surface area contributed by atoms with Crippen LogP contribution in [0.3, 0.4) is 0 Å². The number of hydrogen-bond acceptors (Lipinski definition) is 8. The first-order chi connectivity index (χ1) is 16.5. The van der Waals surface area contributed by atoms with Crippen LogP contribution in [0.25, 0.3) is 33.3 Å². The third-order valence-electron chi connectivity index (χ3n) is 5.32. The Bertz CT molecular complexity index is 1490. The average Bonchev–Trinajstić information content (AvgIpc) is 3.47. The minimum Gasteiger partial charge on any atom is -0.449 e. The molecule has 1 unspecified atom stereocenters. The lowest BCUT2D eigenvalue weighted by Crippen LogP contribution is -2.32. The second-order valence-corrected chi connectivity index (χ2v) is 8.80. The van der Waals surface area contributed by atoms with Crippen molar-refractivity contribution in [2.45, 2.75) is 26.4 Å². The highest BCUT2D eigenvalue weighted by atomic mass is 32.1. The molecule has 1 amide bonds. The molecule has 9 heteroatoms. The first-order valence-corrected chi connectivity index (χ1v) is 11.5. The van der Waals surface area contributed by atoms with Crippen LogP contribution in [0.2, 0.25) is 0 Å². The molecular formula is C25H20N4O4S. The van der Waals surface area contributed by atoms with Crippen molar-refractivity contribution < 1.29 is 18.7 Å². The zero-order valence-corrected chi connectivity index (χ0v) is 19.3. The second-order valence-electron chi connectivity index (χ2n) is 7.61. The number of fused-ring (bicyclic) bond motifs is 2. The average molecular weight is 473 g/mol. The van der Waals surface area contributed by atoms with Crippen molar-refractivity contribution in [2.24, 2.45) is 0 Å². The Balaban J connectivity index is 1.49. The van der Waals surface area contributed by atoms with Crippen molar-refractivity contribution in [2.75, 3.05) is 5.32 Å². The maximum atomic E-state index is 13.3. The van der Waals surface area contributed by atoms with Crippen molar-refractivity contribution in [1.82, 2.24) is 15.2 Å². The second kappa shape index (κ2) is 9.03. The van der Waals surface area contributed by atoms with Gasteiger partial charge in [0.05, 0.1) is 5.56 Å². The Kier molecular flexibility index (Phi) is 5.77. The van der Waals surface area contributed by atoms with Gasteiger partial charge in [-0.25, -0.2) is 9.78 Å². The van der Waals surface area contributed by atoms with Crippen LogP contribution in [0.15, 0.2) is 65.1 Å².